The summed E-state index contributed by atoms with van der Waals surface area (Å²) < 4.78 is 10.7. The molecule has 0 bridgehead atoms. The van der Waals surface area contributed by atoms with Gasteiger partial charge in [0.2, 0.25) is 0 Å². The molecule has 2 rings (SSSR count). The molecule has 0 aromatic heterocycles. The Labute approximate surface area is 107 Å². The second-order valence-corrected chi connectivity index (χ2v) is 5.61. The van der Waals surface area contributed by atoms with Crippen LogP contribution in [0.3, 0.4) is 0 Å². The van der Waals surface area contributed by atoms with E-state index in [9.17, 15) is 0 Å². The van der Waals surface area contributed by atoms with E-state index < -0.39 is 0 Å². The van der Waals surface area contributed by atoms with Crippen LogP contribution < -0.4 is 0 Å². The first-order chi connectivity index (χ1) is 8.24. The molecule has 2 nitrogen and oxygen atoms in total. The van der Waals surface area contributed by atoms with Crippen LogP contribution in [0.15, 0.2) is 0 Å². The second kappa shape index (κ2) is 8.93. The van der Waals surface area contributed by atoms with Crippen LogP contribution in [-0.2, 0) is 9.47 Å². The molecule has 0 radical (unpaired) electrons. The standard InChI is InChI=1S/C8H16O.C7H14O/c1-7(2)8-5-3-4-6-9-8;1-2-7-3-5-8-6-4-7/h7-8H,3-6H2,1-2H3;7H,2-6H2,1H3. The zero-order valence-corrected chi connectivity index (χ0v) is 11.9. The lowest BCUT2D eigenvalue weighted by Crippen LogP contribution is -2.24. The largest absolute Gasteiger partial charge is 0.381 e. The van der Waals surface area contributed by atoms with Gasteiger partial charge in [0.25, 0.3) is 0 Å². The van der Waals surface area contributed by atoms with Crippen LogP contribution in [0.4, 0.5) is 0 Å². The zero-order valence-electron chi connectivity index (χ0n) is 11.9. The van der Waals surface area contributed by atoms with E-state index in [1.807, 2.05) is 0 Å². The molecule has 102 valence electrons. The molecule has 1 unspecified atom stereocenters. The van der Waals surface area contributed by atoms with Crippen LogP contribution in [0, 0.1) is 11.8 Å². The normalized spacial score (nSPS) is 26.5. The molecule has 0 saturated carbocycles. The van der Waals surface area contributed by atoms with Crippen LogP contribution >= 0.6 is 0 Å². The quantitative estimate of drug-likeness (QED) is 0.727. The Bertz CT molecular complexity index is 168. The summed E-state index contributed by atoms with van der Waals surface area (Å²) in [6, 6.07) is 0. The van der Waals surface area contributed by atoms with E-state index in [4.69, 9.17) is 9.47 Å². The lowest BCUT2D eigenvalue weighted by molar-refractivity contribution is -0.0115. The number of ether oxygens (including phenoxy) is 2. The van der Waals surface area contributed by atoms with E-state index in [0.717, 1.165) is 25.7 Å². The smallest absolute Gasteiger partial charge is 0.0598 e. The molecular weight excluding hydrogens is 212 g/mol. The minimum absolute atomic E-state index is 0.554. The highest BCUT2D eigenvalue weighted by atomic mass is 16.5. The van der Waals surface area contributed by atoms with Gasteiger partial charge in [0.1, 0.15) is 0 Å². The maximum Gasteiger partial charge on any atom is 0.0598 e. The fraction of sp³-hybridized carbons (Fsp3) is 1.00. The molecule has 2 fully saturated rings. The van der Waals surface area contributed by atoms with Crippen LogP contribution in [0.2, 0.25) is 0 Å². The topological polar surface area (TPSA) is 18.5 Å². The molecule has 2 heterocycles. The molecule has 2 aliphatic rings. The van der Waals surface area contributed by atoms with E-state index in [1.165, 1.54) is 38.5 Å². The van der Waals surface area contributed by atoms with Crippen molar-refractivity contribution in [2.24, 2.45) is 11.8 Å². The van der Waals surface area contributed by atoms with Gasteiger partial charge in [-0.1, -0.05) is 27.2 Å². The van der Waals surface area contributed by atoms with Crippen LogP contribution in [-0.4, -0.2) is 25.9 Å². The van der Waals surface area contributed by atoms with Crippen molar-refractivity contribution in [2.45, 2.75) is 65.4 Å². The first-order valence-electron chi connectivity index (χ1n) is 7.43. The molecule has 2 aliphatic heterocycles. The Morgan fingerprint density at radius 1 is 1.00 bits per heavy atom. The van der Waals surface area contributed by atoms with Crippen molar-refractivity contribution in [1.29, 1.82) is 0 Å². The lowest BCUT2D eigenvalue weighted by Gasteiger charge is -2.25. The SMILES string of the molecule is CC(C)C1CCCCO1.CCC1CCOCC1. The minimum atomic E-state index is 0.554. The monoisotopic (exact) mass is 242 g/mol. The third kappa shape index (κ3) is 6.42. The van der Waals surface area contributed by atoms with E-state index in [1.54, 1.807) is 0 Å². The number of rotatable bonds is 2. The molecule has 2 heteroatoms. The second-order valence-electron chi connectivity index (χ2n) is 5.61. The van der Waals surface area contributed by atoms with E-state index >= 15 is 0 Å². The molecule has 0 amide bonds. The minimum Gasteiger partial charge on any atom is -0.381 e. The summed E-state index contributed by atoms with van der Waals surface area (Å²) in [5, 5.41) is 0. The van der Waals surface area contributed by atoms with Crippen molar-refractivity contribution in [1.82, 2.24) is 0 Å². The average Bonchev–Trinajstić information content (AvgIpc) is 2.41. The molecule has 1 atom stereocenters. The van der Waals surface area contributed by atoms with Crippen molar-refractivity contribution in [2.75, 3.05) is 19.8 Å². The first-order valence-corrected chi connectivity index (χ1v) is 7.43. The third-order valence-corrected chi connectivity index (χ3v) is 3.88. The van der Waals surface area contributed by atoms with Gasteiger partial charge in [0, 0.05) is 19.8 Å². The molecular formula is C15H30O2. The number of hydrogen-bond donors (Lipinski definition) is 0. The van der Waals surface area contributed by atoms with Crippen molar-refractivity contribution >= 4 is 0 Å². The molecule has 2 saturated heterocycles. The van der Waals surface area contributed by atoms with Crippen molar-refractivity contribution in [3.05, 3.63) is 0 Å². The highest BCUT2D eigenvalue weighted by Crippen LogP contribution is 2.19. The highest BCUT2D eigenvalue weighted by Gasteiger charge is 2.16. The Balaban J connectivity index is 0.000000171. The van der Waals surface area contributed by atoms with Crippen molar-refractivity contribution in [3.63, 3.8) is 0 Å². The van der Waals surface area contributed by atoms with E-state index in [-0.39, 0.29) is 0 Å². The Morgan fingerprint density at radius 3 is 2.06 bits per heavy atom. The lowest BCUT2D eigenvalue weighted by atomic mass is 9.98. The summed E-state index contributed by atoms with van der Waals surface area (Å²) in [4.78, 5) is 0. The molecule has 17 heavy (non-hydrogen) atoms. The molecule has 0 aromatic rings. The summed E-state index contributed by atoms with van der Waals surface area (Å²) in [5.41, 5.74) is 0. The summed E-state index contributed by atoms with van der Waals surface area (Å²) in [7, 11) is 0. The van der Waals surface area contributed by atoms with Crippen molar-refractivity contribution < 1.29 is 9.47 Å². The predicted octanol–water partition coefficient (Wildman–Crippen LogP) is 4.03. The Hall–Kier alpha value is -0.0800. The van der Waals surface area contributed by atoms with Gasteiger partial charge in [-0.25, -0.2) is 0 Å². The first kappa shape index (κ1) is 15.0. The van der Waals surface area contributed by atoms with E-state index in [0.29, 0.717) is 12.0 Å². The van der Waals surface area contributed by atoms with Gasteiger partial charge in [-0.2, -0.15) is 0 Å². The Morgan fingerprint density at radius 2 is 1.71 bits per heavy atom. The highest BCUT2D eigenvalue weighted by molar-refractivity contribution is 4.66. The van der Waals surface area contributed by atoms with Crippen LogP contribution in [0.25, 0.3) is 0 Å². The summed E-state index contributed by atoms with van der Waals surface area (Å²) >= 11 is 0. The summed E-state index contributed by atoms with van der Waals surface area (Å²) in [6.07, 6.45) is 8.37. The number of hydrogen-bond acceptors (Lipinski definition) is 2. The zero-order chi connectivity index (χ0) is 12.5. The molecule has 0 aromatic carbocycles. The fourth-order valence-electron chi connectivity index (χ4n) is 2.45. The summed E-state index contributed by atoms with van der Waals surface area (Å²) in [6.45, 7) is 9.71. The van der Waals surface area contributed by atoms with Gasteiger partial charge in [0.15, 0.2) is 0 Å². The molecule has 0 aliphatic carbocycles. The van der Waals surface area contributed by atoms with Gasteiger partial charge >= 0.3 is 0 Å². The molecule has 0 N–H and O–H groups in total. The van der Waals surface area contributed by atoms with Gasteiger partial charge in [-0.05, 0) is 43.9 Å². The maximum atomic E-state index is 5.54. The van der Waals surface area contributed by atoms with Gasteiger partial charge in [-0.3, -0.25) is 0 Å². The van der Waals surface area contributed by atoms with Gasteiger partial charge < -0.3 is 9.47 Å². The van der Waals surface area contributed by atoms with Gasteiger partial charge in [-0.15, -0.1) is 0 Å². The van der Waals surface area contributed by atoms with Crippen molar-refractivity contribution in [3.8, 4) is 0 Å². The van der Waals surface area contributed by atoms with E-state index in [2.05, 4.69) is 20.8 Å². The average molecular weight is 242 g/mol. The van der Waals surface area contributed by atoms with Crippen LogP contribution in [0.5, 0.6) is 0 Å². The molecule has 0 spiro atoms. The van der Waals surface area contributed by atoms with Gasteiger partial charge in [0.05, 0.1) is 6.10 Å². The third-order valence-electron chi connectivity index (χ3n) is 3.88. The summed E-state index contributed by atoms with van der Waals surface area (Å²) in [5.74, 6) is 1.68. The predicted molar refractivity (Wildman–Crippen MR) is 72.3 cm³/mol. The van der Waals surface area contributed by atoms with Crippen LogP contribution in [0.1, 0.15) is 59.3 Å². The maximum absolute atomic E-state index is 5.54. The Kier molecular flexibility index (Phi) is 7.87. The fourth-order valence-corrected chi connectivity index (χ4v) is 2.45.